The fourth-order valence-electron chi connectivity index (χ4n) is 2.95. The molecule has 0 saturated heterocycles. The number of phenolic OH excluding ortho intramolecular Hbond substituents is 1. The molecule has 0 aliphatic heterocycles. The van der Waals surface area contributed by atoms with Crippen molar-refractivity contribution in [2.45, 2.75) is 31.7 Å². The number of nitrogens with one attached hydrogen (secondary N) is 1. The molecule has 0 unspecified atom stereocenters. The van der Waals surface area contributed by atoms with Crippen LogP contribution in [-0.4, -0.2) is 29.1 Å². The third kappa shape index (κ3) is 2.58. The fourth-order valence-corrected chi connectivity index (χ4v) is 2.95. The van der Waals surface area contributed by atoms with Crippen LogP contribution in [0.15, 0.2) is 30.3 Å². The van der Waals surface area contributed by atoms with Crippen LogP contribution in [0.25, 0.3) is 10.8 Å². The van der Waals surface area contributed by atoms with Crippen molar-refractivity contribution >= 4 is 22.6 Å². The number of benzene rings is 2. The monoisotopic (exact) mass is 331 g/mol. The van der Waals surface area contributed by atoms with E-state index in [1.54, 1.807) is 19.1 Å². The molecule has 0 bridgehead atoms. The maximum atomic E-state index is 14.2. The number of phenols is 1. The molecule has 24 heavy (non-hydrogen) atoms. The Morgan fingerprint density at radius 1 is 1.29 bits per heavy atom. The van der Waals surface area contributed by atoms with Gasteiger partial charge in [0.25, 0.3) is 5.91 Å². The molecule has 0 spiro atoms. The highest BCUT2D eigenvalue weighted by molar-refractivity contribution is 6.05. The van der Waals surface area contributed by atoms with Gasteiger partial charge in [0.1, 0.15) is 17.1 Å². The van der Waals surface area contributed by atoms with E-state index in [-0.39, 0.29) is 28.7 Å². The lowest BCUT2D eigenvalue weighted by molar-refractivity contribution is -0.154. The quantitative estimate of drug-likeness (QED) is 0.845. The van der Waals surface area contributed by atoms with Crippen LogP contribution in [0.1, 0.15) is 36.5 Å². The Kier molecular flexibility index (Phi) is 4.13. The molecule has 0 heterocycles. The zero-order valence-electron chi connectivity index (χ0n) is 13.3. The summed E-state index contributed by atoms with van der Waals surface area (Å²) in [6.45, 7) is 1.91. The Morgan fingerprint density at radius 2 is 1.96 bits per heavy atom. The molecule has 0 atom stereocenters. The number of esters is 1. The number of hydrogen-bond donors (Lipinski definition) is 2. The molecule has 2 aromatic rings. The summed E-state index contributed by atoms with van der Waals surface area (Å²) in [6.07, 6.45) is 1.72. The van der Waals surface area contributed by atoms with Gasteiger partial charge in [-0.05, 0) is 32.3 Å². The van der Waals surface area contributed by atoms with Gasteiger partial charge in [-0.15, -0.1) is 0 Å². The van der Waals surface area contributed by atoms with Crippen LogP contribution in [0.5, 0.6) is 5.75 Å². The smallest absolute Gasteiger partial charge is 0.331 e. The second kappa shape index (κ2) is 6.11. The Morgan fingerprint density at radius 3 is 2.54 bits per heavy atom. The summed E-state index contributed by atoms with van der Waals surface area (Å²) in [7, 11) is 0. The molecule has 1 amide bonds. The highest BCUT2D eigenvalue weighted by Gasteiger charge is 2.47. The Bertz CT molecular complexity index is 814. The number of amides is 1. The molecule has 3 rings (SSSR count). The first kappa shape index (κ1) is 16.2. The normalized spacial score (nSPS) is 15.6. The summed E-state index contributed by atoms with van der Waals surface area (Å²) < 4.78 is 19.2. The summed E-state index contributed by atoms with van der Waals surface area (Å²) in [6, 6.07) is 7.35. The molecular weight excluding hydrogens is 313 g/mol. The van der Waals surface area contributed by atoms with Gasteiger partial charge in [-0.25, -0.2) is 9.18 Å². The number of carbonyl (C=O) groups is 2. The molecule has 2 N–H and O–H groups in total. The third-order valence-corrected chi connectivity index (χ3v) is 4.44. The summed E-state index contributed by atoms with van der Waals surface area (Å²) in [5.74, 6) is -2.09. The highest BCUT2D eigenvalue weighted by atomic mass is 19.1. The van der Waals surface area contributed by atoms with Crippen LogP contribution in [-0.2, 0) is 9.53 Å². The van der Waals surface area contributed by atoms with E-state index in [4.69, 9.17) is 4.74 Å². The van der Waals surface area contributed by atoms with E-state index in [0.717, 1.165) is 12.5 Å². The Labute approximate surface area is 138 Å². The molecule has 126 valence electrons. The number of carbonyl (C=O) groups excluding carboxylic acids is 2. The zero-order valence-corrected chi connectivity index (χ0v) is 13.3. The van der Waals surface area contributed by atoms with E-state index >= 15 is 0 Å². The van der Waals surface area contributed by atoms with E-state index in [1.807, 2.05) is 0 Å². The van der Waals surface area contributed by atoms with E-state index in [9.17, 15) is 19.1 Å². The van der Waals surface area contributed by atoms with E-state index in [0.29, 0.717) is 12.8 Å². The predicted molar refractivity (Wildman–Crippen MR) is 86.3 cm³/mol. The minimum Gasteiger partial charge on any atom is -0.506 e. The molecule has 1 aliphatic carbocycles. The summed E-state index contributed by atoms with van der Waals surface area (Å²) in [5, 5.41) is 13.4. The standard InChI is InChI=1S/C18H18FNO4/c1-2-24-17(23)18(8-5-9-18)20-16(22)13-10-14(19)11-6-3-4-7-12(11)15(13)21/h3-4,6-7,10,21H,2,5,8-9H2,1H3,(H,20,22). The Balaban J connectivity index is 1.94. The van der Waals surface area contributed by atoms with Gasteiger partial charge in [0.15, 0.2) is 0 Å². The molecule has 2 aromatic carbocycles. The molecule has 0 aromatic heterocycles. The third-order valence-electron chi connectivity index (χ3n) is 4.44. The second-order valence-corrected chi connectivity index (χ2v) is 5.91. The predicted octanol–water partition coefficient (Wildman–Crippen LogP) is 2.90. The molecule has 6 heteroatoms. The lowest BCUT2D eigenvalue weighted by Crippen LogP contribution is -2.59. The van der Waals surface area contributed by atoms with Crippen molar-refractivity contribution in [3.8, 4) is 5.75 Å². The number of ether oxygens (including phenoxy) is 1. The number of fused-ring (bicyclic) bond motifs is 1. The van der Waals surface area contributed by atoms with Crippen molar-refractivity contribution in [2.24, 2.45) is 0 Å². The molecule has 0 radical (unpaired) electrons. The van der Waals surface area contributed by atoms with Crippen LogP contribution in [0, 0.1) is 5.82 Å². The lowest BCUT2D eigenvalue weighted by atomic mass is 9.76. The van der Waals surface area contributed by atoms with E-state index in [1.165, 1.54) is 12.1 Å². The van der Waals surface area contributed by atoms with Gasteiger partial charge >= 0.3 is 5.97 Å². The second-order valence-electron chi connectivity index (χ2n) is 5.91. The van der Waals surface area contributed by atoms with Crippen molar-refractivity contribution in [3.05, 3.63) is 41.7 Å². The van der Waals surface area contributed by atoms with Crippen molar-refractivity contribution in [2.75, 3.05) is 6.61 Å². The first-order valence-electron chi connectivity index (χ1n) is 7.88. The van der Waals surface area contributed by atoms with Gasteiger partial charge in [0.2, 0.25) is 0 Å². The average Bonchev–Trinajstić information content (AvgIpc) is 2.54. The van der Waals surface area contributed by atoms with Crippen molar-refractivity contribution in [1.82, 2.24) is 5.32 Å². The van der Waals surface area contributed by atoms with Crippen molar-refractivity contribution < 1.29 is 23.8 Å². The van der Waals surface area contributed by atoms with Gasteiger partial charge in [-0.1, -0.05) is 24.3 Å². The zero-order chi connectivity index (χ0) is 17.3. The van der Waals surface area contributed by atoms with Gasteiger partial charge in [-0.3, -0.25) is 4.79 Å². The van der Waals surface area contributed by atoms with Gasteiger partial charge < -0.3 is 15.2 Å². The fraction of sp³-hybridized carbons (Fsp3) is 0.333. The van der Waals surface area contributed by atoms with E-state index < -0.39 is 23.2 Å². The van der Waals surface area contributed by atoms with Crippen molar-refractivity contribution in [3.63, 3.8) is 0 Å². The Hall–Kier alpha value is -2.63. The number of rotatable bonds is 4. The summed E-state index contributed by atoms with van der Waals surface area (Å²) in [5.41, 5.74) is -1.27. The van der Waals surface area contributed by atoms with E-state index in [2.05, 4.69) is 5.32 Å². The van der Waals surface area contributed by atoms with Crippen LogP contribution >= 0.6 is 0 Å². The molecular formula is C18H18FNO4. The van der Waals surface area contributed by atoms with Crippen LogP contribution < -0.4 is 5.32 Å². The maximum absolute atomic E-state index is 14.2. The van der Waals surface area contributed by atoms with Gasteiger partial charge in [0, 0.05) is 10.8 Å². The van der Waals surface area contributed by atoms with Crippen LogP contribution in [0.3, 0.4) is 0 Å². The molecule has 1 saturated carbocycles. The van der Waals surface area contributed by atoms with Gasteiger partial charge in [0.05, 0.1) is 12.2 Å². The van der Waals surface area contributed by atoms with Crippen LogP contribution in [0.4, 0.5) is 4.39 Å². The minimum absolute atomic E-state index is 0.193. The molecule has 5 nitrogen and oxygen atoms in total. The SMILES string of the molecule is CCOC(=O)C1(NC(=O)c2cc(F)c3ccccc3c2O)CCC1. The van der Waals surface area contributed by atoms with Crippen LogP contribution in [0.2, 0.25) is 0 Å². The topological polar surface area (TPSA) is 75.6 Å². The van der Waals surface area contributed by atoms with Crippen molar-refractivity contribution in [1.29, 1.82) is 0 Å². The number of hydrogen-bond acceptors (Lipinski definition) is 4. The average molecular weight is 331 g/mol. The number of aromatic hydroxyl groups is 1. The highest BCUT2D eigenvalue weighted by Crippen LogP contribution is 2.35. The molecule has 1 fully saturated rings. The number of halogens is 1. The first-order chi connectivity index (χ1) is 11.5. The first-order valence-corrected chi connectivity index (χ1v) is 7.88. The maximum Gasteiger partial charge on any atom is 0.331 e. The molecule has 1 aliphatic rings. The lowest BCUT2D eigenvalue weighted by Gasteiger charge is -2.39. The van der Waals surface area contributed by atoms with Gasteiger partial charge in [-0.2, -0.15) is 0 Å². The largest absolute Gasteiger partial charge is 0.506 e. The minimum atomic E-state index is -1.08. The summed E-state index contributed by atoms with van der Waals surface area (Å²) in [4.78, 5) is 24.6. The summed E-state index contributed by atoms with van der Waals surface area (Å²) >= 11 is 0.